The summed E-state index contributed by atoms with van der Waals surface area (Å²) in [5.74, 6) is -0.199. The number of halogens is 1. The van der Waals surface area contributed by atoms with Crippen LogP contribution in [0.4, 0.5) is 4.39 Å². The molecule has 0 spiro atoms. The molecular weight excluding hydrogens is 427 g/mol. The van der Waals surface area contributed by atoms with E-state index in [0.717, 1.165) is 12.8 Å². The zero-order chi connectivity index (χ0) is 23.5. The molecule has 1 aliphatic carbocycles. The van der Waals surface area contributed by atoms with Crippen LogP contribution in [0, 0.1) is 11.7 Å². The molecule has 2 N–H and O–H groups in total. The quantitative estimate of drug-likeness (QED) is 0.469. The van der Waals surface area contributed by atoms with Crippen molar-refractivity contribution in [3.63, 3.8) is 0 Å². The second-order valence-electron chi connectivity index (χ2n) is 8.25. The van der Waals surface area contributed by atoms with Crippen LogP contribution >= 0.6 is 0 Å². The number of nitrogens with zero attached hydrogens (tertiary/aromatic N) is 1. The summed E-state index contributed by atoms with van der Waals surface area (Å²) in [6.07, 6.45) is 2.92. The van der Waals surface area contributed by atoms with Crippen LogP contribution in [0.25, 0.3) is 11.5 Å². The molecule has 3 aromatic rings. The van der Waals surface area contributed by atoms with Crippen molar-refractivity contribution in [2.75, 3.05) is 6.61 Å². The van der Waals surface area contributed by atoms with Gasteiger partial charge in [-0.05, 0) is 69.2 Å². The van der Waals surface area contributed by atoms with Crippen LogP contribution in [0.5, 0.6) is 5.75 Å². The summed E-state index contributed by atoms with van der Waals surface area (Å²) >= 11 is 0. The molecule has 4 rings (SSSR count). The van der Waals surface area contributed by atoms with E-state index in [1.807, 2.05) is 0 Å². The molecule has 1 saturated carbocycles. The van der Waals surface area contributed by atoms with Crippen LogP contribution in [0.2, 0.25) is 0 Å². The number of rotatable bonds is 9. The average Bonchev–Trinajstić information content (AvgIpc) is 3.54. The topological polar surface area (TPSA) is 102 Å². The second-order valence-corrected chi connectivity index (χ2v) is 8.25. The van der Waals surface area contributed by atoms with Crippen LogP contribution in [-0.4, -0.2) is 34.4 Å². The van der Waals surface area contributed by atoms with Gasteiger partial charge in [0.1, 0.15) is 29.6 Å². The van der Waals surface area contributed by atoms with Gasteiger partial charge >= 0.3 is 0 Å². The van der Waals surface area contributed by atoms with E-state index in [1.54, 1.807) is 44.2 Å². The van der Waals surface area contributed by atoms with Crippen molar-refractivity contribution in [1.82, 2.24) is 10.3 Å². The fraction of sp³-hybridized carbons (Fsp3) is 0.320. The molecule has 1 unspecified atom stereocenters. The van der Waals surface area contributed by atoms with Gasteiger partial charge in [0.05, 0.1) is 12.2 Å². The Hall–Kier alpha value is -3.52. The maximum absolute atomic E-state index is 14.5. The first-order valence-electron chi connectivity index (χ1n) is 10.8. The minimum absolute atomic E-state index is 0.133. The third-order valence-corrected chi connectivity index (χ3v) is 5.45. The summed E-state index contributed by atoms with van der Waals surface area (Å²) in [5.41, 5.74) is 1.44. The van der Waals surface area contributed by atoms with Crippen LogP contribution < -0.4 is 10.1 Å². The number of aliphatic hydroxyl groups is 1. The molecule has 2 atom stereocenters. The highest BCUT2D eigenvalue weighted by atomic mass is 19.1. The largest absolute Gasteiger partial charge is 0.484 e. The lowest BCUT2D eigenvalue weighted by molar-refractivity contribution is 0.0917. The smallest absolute Gasteiger partial charge is 0.254 e. The number of aliphatic hydroxyl groups excluding tert-OH is 1. The fourth-order valence-electron chi connectivity index (χ4n) is 3.33. The Balaban J connectivity index is 1.42. The summed E-state index contributed by atoms with van der Waals surface area (Å²) in [7, 11) is 0. The monoisotopic (exact) mass is 452 g/mol. The second kappa shape index (κ2) is 9.54. The SMILES string of the molecule is CC(Oc1ccc(C(=O)C2CC2)cc1)c1coc(-c2ccc(C(=O)N[C@H](C)CO)c(F)c2)n1. The number of aromatic nitrogens is 1. The third kappa shape index (κ3) is 5.28. The lowest BCUT2D eigenvalue weighted by Gasteiger charge is -2.12. The molecule has 0 radical (unpaired) electrons. The first-order valence-corrected chi connectivity index (χ1v) is 10.8. The van der Waals surface area contributed by atoms with Crippen molar-refractivity contribution in [1.29, 1.82) is 0 Å². The van der Waals surface area contributed by atoms with Gasteiger partial charge in [0, 0.05) is 23.1 Å². The Morgan fingerprint density at radius 3 is 2.58 bits per heavy atom. The zero-order valence-electron chi connectivity index (χ0n) is 18.4. The normalized spacial score (nSPS) is 15.0. The number of nitrogens with one attached hydrogen (secondary N) is 1. The van der Waals surface area contributed by atoms with Crippen molar-refractivity contribution < 1.29 is 28.2 Å². The Labute approximate surface area is 190 Å². The highest BCUT2D eigenvalue weighted by Gasteiger charge is 2.30. The number of ketones is 1. The van der Waals surface area contributed by atoms with Crippen LogP contribution in [0.1, 0.15) is 59.2 Å². The Morgan fingerprint density at radius 1 is 1.21 bits per heavy atom. The Morgan fingerprint density at radius 2 is 1.94 bits per heavy atom. The molecule has 1 fully saturated rings. The molecule has 0 bridgehead atoms. The van der Waals surface area contributed by atoms with Gasteiger partial charge in [0.25, 0.3) is 5.91 Å². The average molecular weight is 452 g/mol. The molecule has 1 heterocycles. The van der Waals surface area contributed by atoms with E-state index in [4.69, 9.17) is 14.3 Å². The van der Waals surface area contributed by atoms with Crippen molar-refractivity contribution in [2.24, 2.45) is 5.92 Å². The standard InChI is InChI=1S/C25H25FN2O5/c1-14(12-29)27-24(31)20-10-7-18(11-21(20)26)25-28-22(13-32-25)15(2)33-19-8-5-17(6-9-19)23(30)16-3-4-16/h5-11,13-16,29H,3-4,12H2,1-2H3,(H,27,31)/t14-,15?/m1/s1. The molecule has 2 aromatic carbocycles. The number of hydrogen-bond acceptors (Lipinski definition) is 6. The summed E-state index contributed by atoms with van der Waals surface area (Å²) in [5, 5.41) is 11.5. The third-order valence-electron chi connectivity index (χ3n) is 5.45. The lowest BCUT2D eigenvalue weighted by atomic mass is 10.1. The summed E-state index contributed by atoms with van der Waals surface area (Å²) in [4.78, 5) is 28.6. The summed E-state index contributed by atoms with van der Waals surface area (Å²) in [6, 6.07) is 10.6. The van der Waals surface area contributed by atoms with Crippen LogP contribution in [0.3, 0.4) is 0 Å². The molecule has 172 valence electrons. The Bertz CT molecular complexity index is 1150. The molecule has 33 heavy (non-hydrogen) atoms. The van der Waals surface area contributed by atoms with Gasteiger partial charge in [-0.3, -0.25) is 9.59 Å². The van der Waals surface area contributed by atoms with E-state index in [9.17, 15) is 14.0 Å². The van der Waals surface area contributed by atoms with Crippen molar-refractivity contribution in [3.05, 3.63) is 71.4 Å². The summed E-state index contributed by atoms with van der Waals surface area (Å²) < 4.78 is 25.9. The minimum Gasteiger partial charge on any atom is -0.484 e. The number of hydrogen-bond donors (Lipinski definition) is 2. The highest BCUT2D eigenvalue weighted by molar-refractivity contribution is 5.99. The lowest BCUT2D eigenvalue weighted by Crippen LogP contribution is -2.35. The van der Waals surface area contributed by atoms with Crippen LogP contribution in [-0.2, 0) is 0 Å². The highest BCUT2D eigenvalue weighted by Crippen LogP contribution is 2.33. The van der Waals surface area contributed by atoms with E-state index >= 15 is 0 Å². The molecular formula is C25H25FN2O5. The van der Waals surface area contributed by atoms with E-state index in [0.29, 0.717) is 22.6 Å². The van der Waals surface area contributed by atoms with Crippen molar-refractivity contribution >= 4 is 11.7 Å². The van der Waals surface area contributed by atoms with Gasteiger partial charge in [0.15, 0.2) is 5.78 Å². The molecule has 1 aliphatic rings. The molecule has 7 nitrogen and oxygen atoms in total. The first kappa shape index (κ1) is 22.7. The van der Waals surface area contributed by atoms with Gasteiger partial charge in [-0.25, -0.2) is 9.37 Å². The minimum atomic E-state index is -0.722. The molecule has 1 amide bonds. The first-order chi connectivity index (χ1) is 15.9. The van der Waals surface area contributed by atoms with Crippen molar-refractivity contribution in [3.8, 4) is 17.2 Å². The molecule has 0 saturated heterocycles. The van der Waals surface area contributed by atoms with Gasteiger partial charge in [-0.1, -0.05) is 0 Å². The van der Waals surface area contributed by atoms with Gasteiger partial charge in [-0.2, -0.15) is 0 Å². The maximum Gasteiger partial charge on any atom is 0.254 e. The number of Topliss-reactive ketones (excluding diaryl/α,β-unsaturated/α-hetero) is 1. The number of amides is 1. The van der Waals surface area contributed by atoms with Gasteiger partial charge in [-0.15, -0.1) is 0 Å². The van der Waals surface area contributed by atoms with Crippen LogP contribution in [0.15, 0.2) is 53.1 Å². The van der Waals surface area contributed by atoms with Crippen molar-refractivity contribution in [2.45, 2.75) is 38.8 Å². The number of carbonyl (C=O) groups is 2. The van der Waals surface area contributed by atoms with Gasteiger partial charge in [0.2, 0.25) is 5.89 Å². The predicted molar refractivity (Wildman–Crippen MR) is 118 cm³/mol. The van der Waals surface area contributed by atoms with E-state index in [2.05, 4.69) is 10.3 Å². The maximum atomic E-state index is 14.5. The molecule has 8 heteroatoms. The van der Waals surface area contributed by atoms with Gasteiger partial charge < -0.3 is 19.6 Å². The van der Waals surface area contributed by atoms with E-state index in [-0.39, 0.29) is 29.8 Å². The number of oxazole rings is 1. The number of benzene rings is 2. The zero-order valence-corrected chi connectivity index (χ0v) is 18.4. The number of carbonyl (C=O) groups excluding carboxylic acids is 2. The van der Waals surface area contributed by atoms with E-state index in [1.165, 1.54) is 18.4 Å². The predicted octanol–water partition coefficient (Wildman–Crippen LogP) is 4.32. The van der Waals surface area contributed by atoms with E-state index < -0.39 is 23.9 Å². The fourth-order valence-corrected chi connectivity index (χ4v) is 3.33. The molecule has 0 aliphatic heterocycles. The summed E-state index contributed by atoms with van der Waals surface area (Å²) in [6.45, 7) is 3.18. The number of ether oxygens (including phenoxy) is 1. The Kier molecular flexibility index (Phi) is 6.55. The molecule has 1 aromatic heterocycles.